The van der Waals surface area contributed by atoms with Crippen LogP contribution in [0.2, 0.25) is 0 Å². The molecule has 6 nitrogen and oxygen atoms in total. The number of hydrogen-bond donors (Lipinski definition) is 3. The fraction of sp³-hybridized carbons (Fsp3) is 0.533. The summed E-state index contributed by atoms with van der Waals surface area (Å²) in [6, 6.07) is 4.69. The van der Waals surface area contributed by atoms with Crippen LogP contribution in [0.3, 0.4) is 0 Å². The van der Waals surface area contributed by atoms with Crippen LogP contribution in [0.5, 0.6) is 0 Å². The monoisotopic (exact) mass is 364 g/mol. The number of nitrogens with one attached hydrogen (secondary N) is 3. The molecule has 0 saturated carbocycles. The molecule has 0 aliphatic carbocycles. The maximum atomic E-state index is 12.2. The number of hydrogen-bond acceptors (Lipinski definition) is 4. The van der Waals surface area contributed by atoms with Crippen molar-refractivity contribution in [2.45, 2.75) is 32.9 Å². The Morgan fingerprint density at radius 1 is 1.17 bits per heavy atom. The average Bonchev–Trinajstić information content (AvgIpc) is 2.50. The van der Waals surface area contributed by atoms with Gasteiger partial charge in [0.2, 0.25) is 5.91 Å². The molecule has 8 heteroatoms. The molecular formula is C15H26Cl2N4O2. The van der Waals surface area contributed by atoms with E-state index in [4.69, 9.17) is 0 Å². The molecule has 0 aliphatic heterocycles. The van der Waals surface area contributed by atoms with Gasteiger partial charge in [0.25, 0.3) is 5.91 Å². The predicted octanol–water partition coefficient (Wildman–Crippen LogP) is 1.40. The van der Waals surface area contributed by atoms with Crippen LogP contribution >= 0.6 is 24.8 Å². The van der Waals surface area contributed by atoms with E-state index < -0.39 is 6.04 Å². The van der Waals surface area contributed by atoms with E-state index >= 15 is 0 Å². The number of carbonyl (C=O) groups excluding carboxylic acids is 2. The molecule has 1 aromatic heterocycles. The Morgan fingerprint density at radius 3 is 2.30 bits per heavy atom. The molecule has 2 unspecified atom stereocenters. The lowest BCUT2D eigenvalue weighted by Gasteiger charge is -2.22. The summed E-state index contributed by atoms with van der Waals surface area (Å²) < 4.78 is 0. The summed E-state index contributed by atoms with van der Waals surface area (Å²) >= 11 is 0. The van der Waals surface area contributed by atoms with E-state index in [1.807, 2.05) is 27.8 Å². The van der Waals surface area contributed by atoms with Crippen LogP contribution in [0.1, 0.15) is 31.3 Å². The normalized spacial score (nSPS) is 12.4. The van der Waals surface area contributed by atoms with Crippen molar-refractivity contribution in [3.63, 3.8) is 0 Å². The zero-order valence-corrected chi connectivity index (χ0v) is 15.5. The summed E-state index contributed by atoms with van der Waals surface area (Å²) in [5.41, 5.74) is 0.305. The smallest absolute Gasteiger partial charge is 0.270 e. The number of halogens is 2. The number of nitrogens with zero attached hydrogens (tertiary/aromatic N) is 1. The zero-order chi connectivity index (χ0) is 15.8. The molecule has 1 aromatic rings. The summed E-state index contributed by atoms with van der Waals surface area (Å²) in [5, 5.41) is 8.62. The lowest BCUT2D eigenvalue weighted by molar-refractivity contribution is -0.124. The molecule has 0 saturated heterocycles. The van der Waals surface area contributed by atoms with Gasteiger partial charge in [0.05, 0.1) is 0 Å². The molecule has 1 heterocycles. The van der Waals surface area contributed by atoms with Crippen molar-refractivity contribution in [2.75, 3.05) is 13.6 Å². The first-order valence-electron chi connectivity index (χ1n) is 7.12. The third-order valence-corrected chi connectivity index (χ3v) is 3.21. The molecule has 2 amide bonds. The minimum absolute atomic E-state index is 0. The highest BCUT2D eigenvalue weighted by molar-refractivity contribution is 5.96. The first-order chi connectivity index (χ1) is 9.95. The minimum Gasteiger partial charge on any atom is -0.353 e. The van der Waals surface area contributed by atoms with E-state index in [9.17, 15) is 9.59 Å². The Morgan fingerprint density at radius 2 is 1.83 bits per heavy atom. The molecule has 0 fully saturated rings. The van der Waals surface area contributed by atoms with Crippen LogP contribution in [0.15, 0.2) is 24.4 Å². The SMILES string of the molecule is CNC(C)CNC(=O)C(NC(=O)c1ccccn1)C(C)C.Cl.Cl. The predicted molar refractivity (Wildman–Crippen MR) is 96.4 cm³/mol. The van der Waals surface area contributed by atoms with E-state index in [2.05, 4.69) is 20.9 Å². The second-order valence-corrected chi connectivity index (χ2v) is 5.35. The van der Waals surface area contributed by atoms with Gasteiger partial charge in [0.1, 0.15) is 11.7 Å². The second kappa shape index (κ2) is 12.1. The number of likely N-dealkylation sites (N-methyl/N-ethyl adjacent to an activating group) is 1. The Hall–Kier alpha value is -1.37. The number of aromatic nitrogens is 1. The van der Waals surface area contributed by atoms with Crippen LogP contribution in [-0.2, 0) is 4.79 Å². The number of pyridine rings is 1. The van der Waals surface area contributed by atoms with Gasteiger partial charge in [0.15, 0.2) is 0 Å². The highest BCUT2D eigenvalue weighted by Crippen LogP contribution is 2.04. The fourth-order valence-electron chi connectivity index (χ4n) is 1.71. The van der Waals surface area contributed by atoms with E-state index in [0.717, 1.165) is 0 Å². The molecule has 3 N–H and O–H groups in total. The first-order valence-corrected chi connectivity index (χ1v) is 7.12. The van der Waals surface area contributed by atoms with E-state index in [1.165, 1.54) is 0 Å². The summed E-state index contributed by atoms with van der Waals surface area (Å²) in [5.74, 6) is -0.537. The van der Waals surface area contributed by atoms with Crippen LogP contribution in [0, 0.1) is 5.92 Å². The quantitative estimate of drug-likeness (QED) is 0.682. The van der Waals surface area contributed by atoms with Crippen molar-refractivity contribution >= 4 is 36.6 Å². The minimum atomic E-state index is -0.580. The summed E-state index contributed by atoms with van der Waals surface area (Å²) in [4.78, 5) is 28.3. The molecule has 2 atom stereocenters. The molecule has 132 valence electrons. The summed E-state index contributed by atoms with van der Waals surface area (Å²) in [6.07, 6.45) is 1.55. The maximum Gasteiger partial charge on any atom is 0.270 e. The summed E-state index contributed by atoms with van der Waals surface area (Å²) in [6.45, 7) is 6.27. The number of rotatable bonds is 7. The Kier molecular flexibility index (Phi) is 12.6. The van der Waals surface area contributed by atoms with Gasteiger partial charge in [0, 0.05) is 18.8 Å². The summed E-state index contributed by atoms with van der Waals surface area (Å²) in [7, 11) is 1.83. The van der Waals surface area contributed by atoms with Crippen molar-refractivity contribution in [3.05, 3.63) is 30.1 Å². The van der Waals surface area contributed by atoms with Gasteiger partial charge in [-0.05, 0) is 32.0 Å². The third kappa shape index (κ3) is 8.16. The first kappa shape index (κ1) is 23.9. The highest BCUT2D eigenvalue weighted by Gasteiger charge is 2.25. The van der Waals surface area contributed by atoms with Crippen LogP contribution in [0.4, 0.5) is 0 Å². The van der Waals surface area contributed by atoms with Crippen molar-refractivity contribution in [1.29, 1.82) is 0 Å². The van der Waals surface area contributed by atoms with Gasteiger partial charge in [-0.1, -0.05) is 19.9 Å². The Balaban J connectivity index is 0. The number of carbonyl (C=O) groups is 2. The molecule has 0 spiro atoms. The lowest BCUT2D eigenvalue weighted by atomic mass is 10.0. The van der Waals surface area contributed by atoms with Crippen molar-refractivity contribution in [3.8, 4) is 0 Å². The zero-order valence-electron chi connectivity index (χ0n) is 13.8. The molecule has 0 aromatic carbocycles. The van der Waals surface area contributed by atoms with Gasteiger partial charge in [-0.15, -0.1) is 24.8 Å². The lowest BCUT2D eigenvalue weighted by Crippen LogP contribution is -2.51. The molecule has 23 heavy (non-hydrogen) atoms. The van der Waals surface area contributed by atoms with E-state index in [0.29, 0.717) is 12.2 Å². The van der Waals surface area contributed by atoms with Crippen LogP contribution < -0.4 is 16.0 Å². The molecule has 0 bridgehead atoms. The molecule has 0 radical (unpaired) electrons. The highest BCUT2D eigenvalue weighted by atomic mass is 35.5. The maximum absolute atomic E-state index is 12.2. The Labute approximate surface area is 150 Å². The van der Waals surface area contributed by atoms with Crippen molar-refractivity contribution in [2.24, 2.45) is 5.92 Å². The van der Waals surface area contributed by atoms with Gasteiger partial charge in [-0.2, -0.15) is 0 Å². The molecule has 1 rings (SSSR count). The van der Waals surface area contributed by atoms with Gasteiger partial charge in [-0.3, -0.25) is 14.6 Å². The topological polar surface area (TPSA) is 83.1 Å². The van der Waals surface area contributed by atoms with E-state index in [1.54, 1.807) is 24.4 Å². The standard InChI is InChI=1S/C15H24N4O2.2ClH/c1-10(2)13(15(21)18-9-11(3)16-4)19-14(20)12-7-5-6-8-17-12;;/h5-8,10-11,13,16H,9H2,1-4H3,(H,18,21)(H,19,20);2*1H. The van der Waals surface area contributed by atoms with Crippen molar-refractivity contribution in [1.82, 2.24) is 20.9 Å². The van der Waals surface area contributed by atoms with E-state index in [-0.39, 0.29) is 48.6 Å². The van der Waals surface area contributed by atoms with Gasteiger partial charge >= 0.3 is 0 Å². The fourth-order valence-corrected chi connectivity index (χ4v) is 1.71. The third-order valence-electron chi connectivity index (χ3n) is 3.21. The molecule has 0 aliphatic rings. The second-order valence-electron chi connectivity index (χ2n) is 5.35. The van der Waals surface area contributed by atoms with Crippen LogP contribution in [-0.4, -0.2) is 42.5 Å². The van der Waals surface area contributed by atoms with Gasteiger partial charge in [-0.25, -0.2) is 0 Å². The van der Waals surface area contributed by atoms with Crippen molar-refractivity contribution < 1.29 is 9.59 Å². The average molecular weight is 365 g/mol. The van der Waals surface area contributed by atoms with Crippen LogP contribution in [0.25, 0.3) is 0 Å². The largest absolute Gasteiger partial charge is 0.353 e. The molecular weight excluding hydrogens is 339 g/mol. The Bertz CT molecular complexity index is 472. The van der Waals surface area contributed by atoms with Gasteiger partial charge < -0.3 is 16.0 Å². The number of amides is 2.